The summed E-state index contributed by atoms with van der Waals surface area (Å²) in [6, 6.07) is 5.97. The molecule has 0 fully saturated rings. The number of nitrogens with one attached hydrogen (secondary N) is 1. The second-order valence-corrected chi connectivity index (χ2v) is 6.06. The van der Waals surface area contributed by atoms with Crippen molar-refractivity contribution in [3.63, 3.8) is 0 Å². The molecule has 0 aliphatic rings. The molecule has 0 aliphatic heterocycles. The van der Waals surface area contributed by atoms with E-state index < -0.39 is 10.0 Å². The summed E-state index contributed by atoms with van der Waals surface area (Å²) >= 11 is 3.18. The number of nitrogens with zero attached hydrogens (tertiary/aromatic N) is 1. The maximum absolute atomic E-state index is 12.0. The summed E-state index contributed by atoms with van der Waals surface area (Å²) in [4.78, 5) is 0.0588. The van der Waals surface area contributed by atoms with Crippen molar-refractivity contribution in [1.29, 1.82) is 0 Å². The first-order chi connectivity index (χ1) is 8.40. The standard InChI is InChI=1S/C10H10BrN3O3S/c1-6-9(11)10(17-13-6)14-18(15,16)8-4-2-3-7(12)5-8/h2-5,14H,12H2,1H3. The van der Waals surface area contributed by atoms with Gasteiger partial charge in [0.15, 0.2) is 0 Å². The molecule has 96 valence electrons. The number of benzene rings is 1. The molecule has 0 saturated carbocycles. The third-order valence-corrected chi connectivity index (χ3v) is 4.45. The average molecular weight is 332 g/mol. The summed E-state index contributed by atoms with van der Waals surface area (Å²) in [7, 11) is -3.74. The van der Waals surface area contributed by atoms with Gasteiger partial charge in [-0.1, -0.05) is 11.2 Å². The van der Waals surface area contributed by atoms with Crippen LogP contribution in [0.4, 0.5) is 11.6 Å². The van der Waals surface area contributed by atoms with Crippen LogP contribution in [-0.2, 0) is 10.0 Å². The minimum atomic E-state index is -3.74. The van der Waals surface area contributed by atoms with E-state index in [2.05, 4.69) is 25.8 Å². The van der Waals surface area contributed by atoms with E-state index >= 15 is 0 Å². The molecular weight excluding hydrogens is 322 g/mol. The summed E-state index contributed by atoms with van der Waals surface area (Å²) in [5.41, 5.74) is 6.47. The van der Waals surface area contributed by atoms with Gasteiger partial charge >= 0.3 is 0 Å². The molecule has 8 heteroatoms. The quantitative estimate of drug-likeness (QED) is 0.839. The normalized spacial score (nSPS) is 11.4. The lowest BCUT2D eigenvalue weighted by molar-refractivity contribution is 0.430. The third-order valence-electron chi connectivity index (χ3n) is 2.19. The molecular formula is C10H10BrN3O3S. The number of anilines is 2. The number of aryl methyl sites for hydroxylation is 1. The van der Waals surface area contributed by atoms with E-state index in [9.17, 15) is 8.42 Å². The topological polar surface area (TPSA) is 98.2 Å². The van der Waals surface area contributed by atoms with Crippen molar-refractivity contribution in [1.82, 2.24) is 5.16 Å². The summed E-state index contributed by atoms with van der Waals surface area (Å²) in [6.45, 7) is 1.69. The van der Waals surface area contributed by atoms with Gasteiger partial charge in [-0.25, -0.2) is 13.1 Å². The highest BCUT2D eigenvalue weighted by molar-refractivity contribution is 9.10. The maximum Gasteiger partial charge on any atom is 0.264 e. The van der Waals surface area contributed by atoms with E-state index in [1.165, 1.54) is 12.1 Å². The molecule has 1 aromatic carbocycles. The van der Waals surface area contributed by atoms with Gasteiger partial charge in [0.05, 0.1) is 10.6 Å². The van der Waals surface area contributed by atoms with Crippen LogP contribution in [0.2, 0.25) is 0 Å². The lowest BCUT2D eigenvalue weighted by atomic mass is 10.3. The number of hydrogen-bond donors (Lipinski definition) is 2. The lowest BCUT2D eigenvalue weighted by Crippen LogP contribution is -2.13. The predicted octanol–water partition coefficient (Wildman–Crippen LogP) is 2.13. The molecule has 2 aromatic rings. The highest BCUT2D eigenvalue weighted by Gasteiger charge is 2.19. The van der Waals surface area contributed by atoms with Crippen LogP contribution in [0.5, 0.6) is 0 Å². The highest BCUT2D eigenvalue weighted by Crippen LogP contribution is 2.27. The molecule has 3 N–H and O–H groups in total. The van der Waals surface area contributed by atoms with Crippen LogP contribution in [0.1, 0.15) is 5.69 Å². The van der Waals surface area contributed by atoms with Gasteiger partial charge < -0.3 is 10.3 Å². The van der Waals surface area contributed by atoms with Gasteiger partial charge in [-0.05, 0) is 41.1 Å². The van der Waals surface area contributed by atoms with Crippen molar-refractivity contribution in [2.75, 3.05) is 10.5 Å². The molecule has 18 heavy (non-hydrogen) atoms. The van der Waals surface area contributed by atoms with Crippen molar-refractivity contribution >= 4 is 37.5 Å². The van der Waals surface area contributed by atoms with Crippen LogP contribution in [0, 0.1) is 6.92 Å². The number of nitrogen functional groups attached to an aromatic ring is 1. The summed E-state index contributed by atoms with van der Waals surface area (Å²) in [5.74, 6) is 0.0370. The average Bonchev–Trinajstić information content (AvgIpc) is 2.61. The Morgan fingerprint density at radius 3 is 2.72 bits per heavy atom. The van der Waals surface area contributed by atoms with Crippen molar-refractivity contribution in [2.45, 2.75) is 11.8 Å². The van der Waals surface area contributed by atoms with Crippen molar-refractivity contribution in [3.05, 3.63) is 34.4 Å². The Morgan fingerprint density at radius 2 is 2.17 bits per heavy atom. The smallest absolute Gasteiger partial charge is 0.264 e. The van der Waals surface area contributed by atoms with Crippen LogP contribution >= 0.6 is 15.9 Å². The summed E-state index contributed by atoms with van der Waals surface area (Å²) < 4.78 is 31.7. The number of sulfonamides is 1. The zero-order valence-electron chi connectivity index (χ0n) is 9.34. The van der Waals surface area contributed by atoms with Gasteiger partial charge in [0.25, 0.3) is 15.9 Å². The van der Waals surface area contributed by atoms with E-state index in [-0.39, 0.29) is 10.8 Å². The zero-order chi connectivity index (χ0) is 13.3. The Morgan fingerprint density at radius 1 is 1.44 bits per heavy atom. The Hall–Kier alpha value is -1.54. The van der Waals surface area contributed by atoms with Gasteiger partial charge in [0, 0.05) is 5.69 Å². The number of rotatable bonds is 3. The molecule has 0 atom stereocenters. The first-order valence-corrected chi connectivity index (χ1v) is 7.18. The Bertz CT molecular complexity index is 681. The van der Waals surface area contributed by atoms with Crippen molar-refractivity contribution in [3.8, 4) is 0 Å². The first-order valence-electron chi connectivity index (χ1n) is 4.90. The van der Waals surface area contributed by atoms with E-state index in [1.54, 1.807) is 19.1 Å². The van der Waals surface area contributed by atoms with Gasteiger partial charge in [0.1, 0.15) is 4.47 Å². The number of halogens is 1. The van der Waals surface area contributed by atoms with Gasteiger partial charge in [0.2, 0.25) is 0 Å². The Labute approximate surface area is 112 Å². The van der Waals surface area contributed by atoms with Crippen LogP contribution in [0.3, 0.4) is 0 Å². The lowest BCUT2D eigenvalue weighted by Gasteiger charge is -2.05. The number of nitrogens with two attached hydrogens (primary N) is 1. The molecule has 0 unspecified atom stereocenters. The van der Waals surface area contributed by atoms with Crippen LogP contribution in [-0.4, -0.2) is 13.6 Å². The molecule has 0 bridgehead atoms. The van der Waals surface area contributed by atoms with Crippen LogP contribution in [0.25, 0.3) is 0 Å². The van der Waals surface area contributed by atoms with E-state index in [4.69, 9.17) is 10.3 Å². The first kappa shape index (κ1) is 12.9. The molecule has 0 radical (unpaired) electrons. The fourth-order valence-electron chi connectivity index (χ4n) is 1.28. The van der Waals surface area contributed by atoms with Crippen molar-refractivity contribution < 1.29 is 12.9 Å². The molecule has 0 saturated heterocycles. The molecule has 1 aromatic heterocycles. The monoisotopic (exact) mass is 331 g/mol. The molecule has 0 aliphatic carbocycles. The molecule has 0 amide bonds. The van der Waals surface area contributed by atoms with Crippen LogP contribution < -0.4 is 10.5 Å². The minimum absolute atomic E-state index is 0.0370. The number of hydrogen-bond acceptors (Lipinski definition) is 5. The molecule has 2 rings (SSSR count). The molecule has 1 heterocycles. The fraction of sp³-hybridized carbons (Fsp3) is 0.100. The number of aromatic nitrogens is 1. The highest BCUT2D eigenvalue weighted by atomic mass is 79.9. The van der Waals surface area contributed by atoms with E-state index in [0.717, 1.165) is 0 Å². The minimum Gasteiger partial charge on any atom is -0.399 e. The van der Waals surface area contributed by atoms with Crippen LogP contribution in [0.15, 0.2) is 38.2 Å². The van der Waals surface area contributed by atoms with E-state index in [1.807, 2.05) is 0 Å². The second-order valence-electron chi connectivity index (χ2n) is 3.59. The Balaban J connectivity index is 2.36. The van der Waals surface area contributed by atoms with Crippen molar-refractivity contribution in [2.24, 2.45) is 0 Å². The molecule has 0 spiro atoms. The SMILES string of the molecule is Cc1noc(NS(=O)(=O)c2cccc(N)c2)c1Br. The van der Waals surface area contributed by atoms with Gasteiger partial charge in [-0.15, -0.1) is 0 Å². The zero-order valence-corrected chi connectivity index (χ0v) is 11.7. The fourth-order valence-corrected chi connectivity index (χ4v) is 2.71. The van der Waals surface area contributed by atoms with Gasteiger partial charge in [-0.2, -0.15) is 0 Å². The predicted molar refractivity (Wildman–Crippen MR) is 70.6 cm³/mol. The second kappa shape index (κ2) is 4.62. The van der Waals surface area contributed by atoms with Gasteiger partial charge in [-0.3, -0.25) is 0 Å². The summed E-state index contributed by atoms with van der Waals surface area (Å²) in [6.07, 6.45) is 0. The summed E-state index contributed by atoms with van der Waals surface area (Å²) in [5, 5.41) is 3.64. The maximum atomic E-state index is 12.0. The molecule has 6 nitrogen and oxygen atoms in total. The third kappa shape index (κ3) is 2.49. The van der Waals surface area contributed by atoms with E-state index in [0.29, 0.717) is 15.9 Å². The largest absolute Gasteiger partial charge is 0.399 e. The Kier molecular flexibility index (Phi) is 3.31.